The predicted molar refractivity (Wildman–Crippen MR) is 133 cm³/mol. The van der Waals surface area contributed by atoms with E-state index in [4.69, 9.17) is 4.74 Å². The third-order valence-electron chi connectivity index (χ3n) is 8.55. The topological polar surface area (TPSA) is 39.3 Å². The summed E-state index contributed by atoms with van der Waals surface area (Å²) in [7, 11) is 0. The van der Waals surface area contributed by atoms with E-state index in [0.29, 0.717) is 18.2 Å². The number of rotatable bonds is 6. The first kappa shape index (κ1) is 23.0. The lowest BCUT2D eigenvalue weighted by Crippen LogP contribution is -2.52. The SMILES string of the molecule is CCN1CCN(C2CCC(N3CC(C)N(c4ccc(OC5CCCC5)cc4)C3=O)CC2)CC1. The first-order valence-electron chi connectivity index (χ1n) is 13.5. The second-order valence-electron chi connectivity index (χ2n) is 10.6. The van der Waals surface area contributed by atoms with Crippen LogP contribution in [0.2, 0.25) is 0 Å². The number of nitrogens with zero attached hydrogens (tertiary/aromatic N) is 4. The van der Waals surface area contributed by atoms with E-state index in [9.17, 15) is 4.79 Å². The first-order valence-corrected chi connectivity index (χ1v) is 13.5. The van der Waals surface area contributed by atoms with Crippen molar-refractivity contribution in [3.63, 3.8) is 0 Å². The number of urea groups is 1. The molecule has 33 heavy (non-hydrogen) atoms. The minimum Gasteiger partial charge on any atom is -0.490 e. The number of carbonyl (C=O) groups excluding carboxylic acids is 1. The summed E-state index contributed by atoms with van der Waals surface area (Å²) in [5, 5.41) is 0. The fourth-order valence-corrected chi connectivity index (χ4v) is 6.51. The van der Waals surface area contributed by atoms with E-state index >= 15 is 0 Å². The molecule has 2 aliphatic carbocycles. The standard InChI is InChI=1S/C27H42N4O2/c1-3-28-16-18-29(19-17-28)22-8-10-23(11-9-22)30-20-21(2)31(27(30)32)24-12-14-26(15-13-24)33-25-6-4-5-7-25/h12-15,21-23,25H,3-11,16-20H2,1-2H3. The Morgan fingerprint density at radius 3 is 2.15 bits per heavy atom. The van der Waals surface area contributed by atoms with Crippen molar-refractivity contribution < 1.29 is 9.53 Å². The summed E-state index contributed by atoms with van der Waals surface area (Å²) in [6, 6.07) is 9.71. The van der Waals surface area contributed by atoms with Crippen molar-refractivity contribution in [1.29, 1.82) is 0 Å². The van der Waals surface area contributed by atoms with Gasteiger partial charge < -0.3 is 14.5 Å². The van der Waals surface area contributed by atoms with Crippen LogP contribution < -0.4 is 9.64 Å². The number of piperazine rings is 1. The zero-order valence-electron chi connectivity index (χ0n) is 20.6. The zero-order chi connectivity index (χ0) is 22.8. The summed E-state index contributed by atoms with van der Waals surface area (Å²) < 4.78 is 6.11. The van der Waals surface area contributed by atoms with Crippen LogP contribution in [-0.2, 0) is 0 Å². The van der Waals surface area contributed by atoms with Gasteiger partial charge in [0.25, 0.3) is 0 Å². The molecule has 4 aliphatic rings. The van der Waals surface area contributed by atoms with Crippen LogP contribution in [0.1, 0.15) is 65.2 Å². The minimum absolute atomic E-state index is 0.187. The van der Waals surface area contributed by atoms with E-state index in [2.05, 4.69) is 40.7 Å². The molecule has 2 saturated carbocycles. The highest BCUT2D eigenvalue weighted by Gasteiger charge is 2.41. The number of hydrogen-bond acceptors (Lipinski definition) is 4. The van der Waals surface area contributed by atoms with Crippen LogP contribution in [0.15, 0.2) is 24.3 Å². The van der Waals surface area contributed by atoms with E-state index in [1.807, 2.05) is 17.0 Å². The Bertz CT molecular complexity index is 778. The maximum Gasteiger partial charge on any atom is 0.325 e. The van der Waals surface area contributed by atoms with Gasteiger partial charge in [-0.15, -0.1) is 0 Å². The predicted octanol–water partition coefficient (Wildman–Crippen LogP) is 4.59. The molecule has 5 rings (SSSR count). The molecule has 0 aromatic heterocycles. The van der Waals surface area contributed by atoms with Gasteiger partial charge in [0.15, 0.2) is 0 Å². The molecule has 0 bridgehead atoms. The van der Waals surface area contributed by atoms with Gasteiger partial charge >= 0.3 is 6.03 Å². The fraction of sp³-hybridized carbons (Fsp3) is 0.741. The second kappa shape index (κ2) is 10.2. The number of ether oxygens (including phenoxy) is 1. The minimum atomic E-state index is 0.187. The van der Waals surface area contributed by atoms with Crippen LogP contribution in [0.25, 0.3) is 0 Å². The average Bonchev–Trinajstić information content (AvgIpc) is 3.47. The average molecular weight is 455 g/mol. The van der Waals surface area contributed by atoms with Gasteiger partial charge in [-0.05, 0) is 89.1 Å². The van der Waals surface area contributed by atoms with E-state index in [0.717, 1.165) is 43.7 Å². The third kappa shape index (κ3) is 5.02. The molecule has 1 aromatic rings. The fourth-order valence-electron chi connectivity index (χ4n) is 6.51. The summed E-state index contributed by atoms with van der Waals surface area (Å²) in [6.45, 7) is 11.3. The van der Waals surface area contributed by atoms with Crippen molar-refractivity contribution in [3.05, 3.63) is 24.3 Å². The molecule has 6 nitrogen and oxygen atoms in total. The van der Waals surface area contributed by atoms with E-state index in [1.54, 1.807) is 0 Å². The summed E-state index contributed by atoms with van der Waals surface area (Å²) in [6.07, 6.45) is 9.96. The van der Waals surface area contributed by atoms with Crippen LogP contribution in [-0.4, -0.2) is 84.2 Å². The van der Waals surface area contributed by atoms with Crippen molar-refractivity contribution in [3.8, 4) is 5.75 Å². The highest BCUT2D eigenvalue weighted by molar-refractivity contribution is 5.95. The lowest BCUT2D eigenvalue weighted by Gasteiger charge is -2.43. The van der Waals surface area contributed by atoms with Crippen molar-refractivity contribution in [1.82, 2.24) is 14.7 Å². The number of carbonyl (C=O) groups is 1. The van der Waals surface area contributed by atoms with Gasteiger partial charge in [0, 0.05) is 50.5 Å². The molecular formula is C27H42N4O2. The molecular weight excluding hydrogens is 412 g/mol. The number of amides is 2. The molecule has 2 saturated heterocycles. The number of anilines is 1. The second-order valence-corrected chi connectivity index (χ2v) is 10.6. The molecule has 0 N–H and O–H groups in total. The Hall–Kier alpha value is -1.79. The van der Waals surface area contributed by atoms with Crippen LogP contribution in [0.4, 0.5) is 10.5 Å². The molecule has 182 valence electrons. The Kier molecular flexibility index (Phi) is 7.12. The lowest BCUT2D eigenvalue weighted by molar-refractivity contribution is 0.0665. The molecule has 0 spiro atoms. The van der Waals surface area contributed by atoms with Gasteiger partial charge in [0.2, 0.25) is 0 Å². The van der Waals surface area contributed by atoms with Crippen LogP contribution in [0.5, 0.6) is 5.75 Å². The molecule has 2 heterocycles. The van der Waals surface area contributed by atoms with Gasteiger partial charge in [-0.2, -0.15) is 0 Å². The zero-order valence-corrected chi connectivity index (χ0v) is 20.6. The first-order chi connectivity index (χ1) is 16.1. The van der Waals surface area contributed by atoms with Gasteiger partial charge in [0.05, 0.1) is 12.1 Å². The summed E-state index contributed by atoms with van der Waals surface area (Å²) in [5.41, 5.74) is 0.997. The Morgan fingerprint density at radius 2 is 1.52 bits per heavy atom. The molecule has 1 aromatic carbocycles. The lowest BCUT2D eigenvalue weighted by atomic mass is 9.89. The molecule has 4 fully saturated rings. The van der Waals surface area contributed by atoms with Crippen molar-refractivity contribution >= 4 is 11.7 Å². The van der Waals surface area contributed by atoms with Gasteiger partial charge in [-0.1, -0.05) is 6.92 Å². The van der Waals surface area contributed by atoms with Crippen molar-refractivity contribution in [2.45, 2.75) is 89.4 Å². The summed E-state index contributed by atoms with van der Waals surface area (Å²) in [4.78, 5) is 22.9. The van der Waals surface area contributed by atoms with Crippen LogP contribution in [0.3, 0.4) is 0 Å². The van der Waals surface area contributed by atoms with Gasteiger partial charge in [0.1, 0.15) is 5.75 Å². The highest BCUT2D eigenvalue weighted by Crippen LogP contribution is 2.34. The van der Waals surface area contributed by atoms with Gasteiger partial charge in [-0.3, -0.25) is 9.80 Å². The summed E-state index contributed by atoms with van der Waals surface area (Å²) in [5.74, 6) is 0.930. The molecule has 6 heteroatoms. The third-order valence-corrected chi connectivity index (χ3v) is 8.55. The highest BCUT2D eigenvalue weighted by atomic mass is 16.5. The Balaban J connectivity index is 1.15. The number of hydrogen-bond donors (Lipinski definition) is 0. The monoisotopic (exact) mass is 454 g/mol. The molecule has 2 aliphatic heterocycles. The maximum absolute atomic E-state index is 13.4. The molecule has 1 atom stereocenters. The quantitative estimate of drug-likeness (QED) is 0.630. The molecule has 1 unspecified atom stereocenters. The Labute approximate surface area is 199 Å². The number of likely N-dealkylation sites (N-methyl/N-ethyl adjacent to an activating group) is 1. The van der Waals surface area contributed by atoms with Crippen molar-refractivity contribution in [2.75, 3.05) is 44.2 Å². The largest absolute Gasteiger partial charge is 0.490 e. The molecule has 2 amide bonds. The van der Waals surface area contributed by atoms with Crippen LogP contribution >= 0.6 is 0 Å². The normalized spacial score (nSPS) is 30.4. The van der Waals surface area contributed by atoms with E-state index in [-0.39, 0.29) is 12.1 Å². The number of benzene rings is 1. The smallest absolute Gasteiger partial charge is 0.325 e. The summed E-state index contributed by atoms with van der Waals surface area (Å²) >= 11 is 0. The molecule has 0 radical (unpaired) electrons. The van der Waals surface area contributed by atoms with E-state index < -0.39 is 0 Å². The Morgan fingerprint density at radius 1 is 0.879 bits per heavy atom. The van der Waals surface area contributed by atoms with Gasteiger partial charge in [-0.25, -0.2) is 4.79 Å². The van der Waals surface area contributed by atoms with E-state index in [1.165, 1.54) is 58.4 Å². The van der Waals surface area contributed by atoms with Crippen LogP contribution in [0, 0.1) is 0 Å². The van der Waals surface area contributed by atoms with Crippen molar-refractivity contribution in [2.24, 2.45) is 0 Å². The maximum atomic E-state index is 13.4.